The first kappa shape index (κ1) is 14.3. The minimum absolute atomic E-state index is 0.127. The Bertz CT molecular complexity index is 584. The van der Waals surface area contributed by atoms with Gasteiger partial charge in [0.15, 0.2) is 15.9 Å². The predicted octanol–water partition coefficient (Wildman–Crippen LogP) is 1.75. The molecule has 2 unspecified atom stereocenters. The van der Waals surface area contributed by atoms with Gasteiger partial charge in [-0.05, 0) is 31.0 Å². The van der Waals surface area contributed by atoms with Gasteiger partial charge in [0.2, 0.25) is 0 Å². The third kappa shape index (κ3) is 3.46. The minimum Gasteiger partial charge on any atom is -0.479 e. The third-order valence-corrected chi connectivity index (χ3v) is 4.96. The highest BCUT2D eigenvalue weighted by Crippen LogP contribution is 2.24. The van der Waals surface area contributed by atoms with E-state index in [4.69, 9.17) is 21.4 Å². The van der Waals surface area contributed by atoms with Gasteiger partial charge in [-0.15, -0.1) is 0 Å². The molecule has 104 valence electrons. The molecule has 0 amide bonds. The van der Waals surface area contributed by atoms with Crippen LogP contribution in [0.25, 0.3) is 0 Å². The number of carboxylic acids is 1. The summed E-state index contributed by atoms with van der Waals surface area (Å²) in [6.07, 6.45) is -0.716. The molecule has 0 bridgehead atoms. The van der Waals surface area contributed by atoms with Crippen LogP contribution in [0.5, 0.6) is 0 Å². The molecule has 1 fully saturated rings. The van der Waals surface area contributed by atoms with Gasteiger partial charge in [0.1, 0.15) is 0 Å². The fraction of sp³-hybridized carbons (Fsp3) is 0.417. The maximum absolute atomic E-state index is 12.1. The Morgan fingerprint density at radius 3 is 2.74 bits per heavy atom. The SMILES string of the molecule is O=C(O)C1CCC(CS(=O)(=O)c2cccc(Cl)c2)O1. The molecule has 5 nitrogen and oxygen atoms in total. The number of hydrogen-bond donors (Lipinski definition) is 1. The van der Waals surface area contributed by atoms with Crippen LogP contribution < -0.4 is 0 Å². The Labute approximate surface area is 116 Å². The lowest BCUT2D eigenvalue weighted by Gasteiger charge is -2.12. The number of hydrogen-bond acceptors (Lipinski definition) is 4. The zero-order valence-corrected chi connectivity index (χ0v) is 11.5. The van der Waals surface area contributed by atoms with Gasteiger partial charge < -0.3 is 9.84 Å². The molecule has 0 saturated carbocycles. The molecule has 0 spiro atoms. The van der Waals surface area contributed by atoms with Crippen molar-refractivity contribution in [1.82, 2.24) is 0 Å². The molecule has 0 radical (unpaired) electrons. The van der Waals surface area contributed by atoms with Crippen LogP contribution >= 0.6 is 11.6 Å². The smallest absolute Gasteiger partial charge is 0.332 e. The summed E-state index contributed by atoms with van der Waals surface area (Å²) in [6, 6.07) is 5.99. The normalized spacial score (nSPS) is 23.4. The Balaban J connectivity index is 2.09. The second-order valence-corrected chi connectivity index (χ2v) is 6.87. The zero-order chi connectivity index (χ0) is 14.0. The van der Waals surface area contributed by atoms with Gasteiger partial charge in [-0.2, -0.15) is 0 Å². The van der Waals surface area contributed by atoms with Crippen molar-refractivity contribution in [2.45, 2.75) is 29.9 Å². The Morgan fingerprint density at radius 1 is 1.42 bits per heavy atom. The second kappa shape index (κ2) is 5.48. The molecule has 0 aliphatic carbocycles. The van der Waals surface area contributed by atoms with Crippen LogP contribution in [-0.2, 0) is 19.4 Å². The van der Waals surface area contributed by atoms with E-state index in [-0.39, 0.29) is 10.6 Å². The number of ether oxygens (including phenoxy) is 1. The van der Waals surface area contributed by atoms with E-state index in [1.165, 1.54) is 12.1 Å². The molecule has 1 N–H and O–H groups in total. The van der Waals surface area contributed by atoms with Crippen LogP contribution in [0.4, 0.5) is 0 Å². The average molecular weight is 305 g/mol. The van der Waals surface area contributed by atoms with E-state index in [0.29, 0.717) is 17.9 Å². The second-order valence-electron chi connectivity index (χ2n) is 4.40. The van der Waals surface area contributed by atoms with E-state index < -0.39 is 28.0 Å². The van der Waals surface area contributed by atoms with Gasteiger partial charge in [-0.3, -0.25) is 0 Å². The Hall–Kier alpha value is -1.11. The van der Waals surface area contributed by atoms with Crippen molar-refractivity contribution in [3.05, 3.63) is 29.3 Å². The van der Waals surface area contributed by atoms with Gasteiger partial charge in [-0.25, -0.2) is 13.2 Å². The number of sulfone groups is 1. The fourth-order valence-electron chi connectivity index (χ4n) is 2.01. The van der Waals surface area contributed by atoms with Crippen molar-refractivity contribution in [3.63, 3.8) is 0 Å². The summed E-state index contributed by atoms with van der Waals surface area (Å²) < 4.78 is 29.5. The van der Waals surface area contributed by atoms with Crippen molar-refractivity contribution >= 4 is 27.4 Å². The average Bonchev–Trinajstić information content (AvgIpc) is 2.77. The summed E-state index contributed by atoms with van der Waals surface area (Å²) in [5, 5.41) is 9.14. The molecule has 2 atom stereocenters. The lowest BCUT2D eigenvalue weighted by atomic mass is 10.2. The van der Waals surface area contributed by atoms with E-state index >= 15 is 0 Å². The lowest BCUT2D eigenvalue weighted by Crippen LogP contribution is -2.25. The molecule has 7 heteroatoms. The Morgan fingerprint density at radius 2 is 2.16 bits per heavy atom. The predicted molar refractivity (Wildman–Crippen MR) is 69.0 cm³/mol. The monoisotopic (exact) mass is 304 g/mol. The first-order valence-electron chi connectivity index (χ1n) is 5.75. The van der Waals surface area contributed by atoms with Crippen LogP contribution in [0.3, 0.4) is 0 Å². The molecule has 2 rings (SSSR count). The summed E-state index contributed by atoms with van der Waals surface area (Å²) in [7, 11) is -3.52. The van der Waals surface area contributed by atoms with E-state index in [2.05, 4.69) is 0 Å². The third-order valence-electron chi connectivity index (χ3n) is 2.94. The molecule has 1 aromatic carbocycles. The number of rotatable bonds is 4. The quantitative estimate of drug-likeness (QED) is 0.916. The van der Waals surface area contributed by atoms with E-state index in [9.17, 15) is 13.2 Å². The van der Waals surface area contributed by atoms with Gasteiger partial charge >= 0.3 is 5.97 Å². The molecule has 1 aromatic rings. The summed E-state index contributed by atoms with van der Waals surface area (Å²) in [4.78, 5) is 10.9. The van der Waals surface area contributed by atoms with Crippen molar-refractivity contribution in [1.29, 1.82) is 0 Å². The fourth-order valence-corrected chi connectivity index (χ4v) is 3.79. The molecule has 1 aliphatic heterocycles. The summed E-state index contributed by atoms with van der Waals surface area (Å²) in [5.74, 6) is -1.28. The lowest BCUT2D eigenvalue weighted by molar-refractivity contribution is -0.148. The highest BCUT2D eigenvalue weighted by atomic mass is 35.5. The van der Waals surface area contributed by atoms with Crippen molar-refractivity contribution in [3.8, 4) is 0 Å². The van der Waals surface area contributed by atoms with Crippen molar-refractivity contribution < 1.29 is 23.1 Å². The Kier molecular flexibility index (Phi) is 4.13. The molecule has 0 aromatic heterocycles. The van der Waals surface area contributed by atoms with Crippen LogP contribution in [-0.4, -0.2) is 37.5 Å². The number of carboxylic acid groups (broad SMARTS) is 1. The van der Waals surface area contributed by atoms with Crippen LogP contribution in [0.15, 0.2) is 29.2 Å². The van der Waals surface area contributed by atoms with Gasteiger partial charge in [-0.1, -0.05) is 17.7 Å². The van der Waals surface area contributed by atoms with E-state index in [0.717, 1.165) is 0 Å². The molecular formula is C12H13ClO5S. The van der Waals surface area contributed by atoms with Gasteiger partial charge in [0, 0.05) is 5.02 Å². The summed E-state index contributed by atoms with van der Waals surface area (Å²) in [5.41, 5.74) is 0. The number of carbonyl (C=O) groups is 1. The van der Waals surface area contributed by atoms with Gasteiger partial charge in [0.05, 0.1) is 16.8 Å². The maximum Gasteiger partial charge on any atom is 0.332 e. The highest BCUT2D eigenvalue weighted by Gasteiger charge is 2.33. The highest BCUT2D eigenvalue weighted by molar-refractivity contribution is 7.91. The van der Waals surface area contributed by atoms with E-state index in [1.54, 1.807) is 12.1 Å². The number of aliphatic carboxylic acids is 1. The van der Waals surface area contributed by atoms with Crippen LogP contribution in [0, 0.1) is 0 Å². The van der Waals surface area contributed by atoms with Crippen LogP contribution in [0.1, 0.15) is 12.8 Å². The molecule has 1 aliphatic rings. The first-order valence-corrected chi connectivity index (χ1v) is 7.78. The van der Waals surface area contributed by atoms with Crippen molar-refractivity contribution in [2.24, 2.45) is 0 Å². The standard InChI is InChI=1S/C12H13ClO5S/c13-8-2-1-3-10(6-8)19(16,17)7-9-4-5-11(18-9)12(14)15/h1-3,6,9,11H,4-5,7H2,(H,14,15). The molecular weight excluding hydrogens is 292 g/mol. The number of halogens is 1. The number of benzene rings is 1. The first-order chi connectivity index (χ1) is 8.88. The van der Waals surface area contributed by atoms with Gasteiger partial charge in [0.25, 0.3) is 0 Å². The summed E-state index contributed by atoms with van der Waals surface area (Å²) in [6.45, 7) is 0. The largest absolute Gasteiger partial charge is 0.479 e. The molecule has 1 saturated heterocycles. The van der Waals surface area contributed by atoms with E-state index in [1.807, 2.05) is 0 Å². The topological polar surface area (TPSA) is 80.7 Å². The summed E-state index contributed by atoms with van der Waals surface area (Å²) >= 11 is 5.76. The van der Waals surface area contributed by atoms with Crippen LogP contribution in [0.2, 0.25) is 5.02 Å². The molecule has 1 heterocycles. The van der Waals surface area contributed by atoms with Crippen molar-refractivity contribution in [2.75, 3.05) is 5.75 Å². The molecule has 19 heavy (non-hydrogen) atoms. The zero-order valence-electron chi connectivity index (χ0n) is 9.95. The minimum atomic E-state index is -3.52. The maximum atomic E-state index is 12.1.